The fourth-order valence-electron chi connectivity index (χ4n) is 7.76. The Bertz CT molecular complexity index is 2840. The van der Waals surface area contributed by atoms with Crippen molar-refractivity contribution in [3.05, 3.63) is 58.1 Å². The van der Waals surface area contributed by atoms with Gasteiger partial charge in [-0.25, -0.2) is 19.2 Å². The molecule has 0 spiro atoms. The van der Waals surface area contributed by atoms with Crippen LogP contribution in [0.15, 0.2) is 30.3 Å². The number of carboxylic acid groups (broad SMARTS) is 1. The molecule has 4 heterocycles. The average Bonchev–Trinajstić information content (AvgIpc) is 3.60. The second-order valence-electron chi connectivity index (χ2n) is 14.7. The predicted octanol–water partition coefficient (Wildman–Crippen LogP) is 0.637. The third-order valence-electron chi connectivity index (χ3n) is 10.8. The number of carboxylic acids is 1. The van der Waals surface area contributed by atoms with Gasteiger partial charge in [-0.05, 0) is 30.3 Å². The third kappa shape index (κ3) is 6.92. The summed E-state index contributed by atoms with van der Waals surface area (Å²) < 4.78 is 38.9. The molecule has 0 amide bonds. The largest absolute Gasteiger partial charge is 0.504 e. The minimum Gasteiger partial charge on any atom is -0.504 e. The number of fused-ring (bicyclic) bond motifs is 3. The van der Waals surface area contributed by atoms with Crippen LogP contribution in [-0.2, 0) is 42.8 Å². The van der Waals surface area contributed by atoms with Crippen LogP contribution in [0.1, 0.15) is 59.3 Å². The van der Waals surface area contributed by atoms with E-state index in [-0.39, 0.29) is 0 Å². The molecular weight excluding hydrogens is 896 g/mol. The first-order chi connectivity index (χ1) is 31.1. The number of benzene rings is 4. The van der Waals surface area contributed by atoms with Gasteiger partial charge in [-0.2, -0.15) is 0 Å². The van der Waals surface area contributed by atoms with Crippen LogP contribution in [0.4, 0.5) is 0 Å². The first-order valence-corrected chi connectivity index (χ1v) is 18.6. The van der Waals surface area contributed by atoms with Gasteiger partial charge in [0.2, 0.25) is 29.6 Å². The molecule has 8 rings (SSSR count). The Labute approximate surface area is 363 Å². The van der Waals surface area contributed by atoms with Crippen LogP contribution in [0.25, 0.3) is 11.1 Å². The number of phenols is 11. The summed E-state index contributed by atoms with van der Waals surface area (Å²) in [5.41, 5.74) is -6.77. The Morgan fingerprint density at radius 1 is 0.576 bits per heavy atom. The highest BCUT2D eigenvalue weighted by Crippen LogP contribution is 2.54. The highest BCUT2D eigenvalue weighted by atomic mass is 16.7. The van der Waals surface area contributed by atoms with Gasteiger partial charge in [-0.3, -0.25) is 14.4 Å². The van der Waals surface area contributed by atoms with E-state index in [0.717, 1.165) is 0 Å². The van der Waals surface area contributed by atoms with E-state index in [2.05, 4.69) is 0 Å². The van der Waals surface area contributed by atoms with Crippen molar-refractivity contribution in [1.29, 1.82) is 0 Å². The summed E-state index contributed by atoms with van der Waals surface area (Å²) in [4.78, 5) is 96.7. The van der Waals surface area contributed by atoms with E-state index in [1.165, 1.54) is 0 Å². The second kappa shape index (κ2) is 15.6. The van der Waals surface area contributed by atoms with Crippen molar-refractivity contribution in [2.75, 3.05) is 6.61 Å². The smallest absolute Gasteiger partial charge is 0.340 e. The highest BCUT2D eigenvalue weighted by Gasteiger charge is 2.58. The van der Waals surface area contributed by atoms with E-state index in [1.54, 1.807) is 0 Å². The number of ether oxygens (including phenoxy) is 7. The standard InChI is InChI=1S/C40H28O26/c41-13-1-8(2-14(42)24(13)48)34(54)66-40-33-32-30(62-38(58)12(6-19(46)47)23-22-11(37(57)65-33)5-17(45)27(51)31(22)63-39(23)59)18(61-40)7-60-35(55)9-3-15(43)25(49)28(52)20(9)21-10(36(56)64-32)4-16(44)26(50)29(21)53/h1-5,12,18,23,30,32-33,40-45,48-53H,6-7H2,(H,46,47)/t12-,18+,23-,30+,32-,33+,40-/m0/s1. The molecule has 7 atom stereocenters. The minimum absolute atomic E-state index is 0.378. The molecule has 4 aromatic carbocycles. The lowest BCUT2D eigenvalue weighted by Crippen LogP contribution is -2.63. The molecule has 26 nitrogen and oxygen atoms in total. The maximum atomic E-state index is 14.6. The van der Waals surface area contributed by atoms with Crippen LogP contribution in [0.3, 0.4) is 0 Å². The molecule has 4 aliphatic heterocycles. The lowest BCUT2D eigenvalue weighted by molar-refractivity contribution is -0.287. The summed E-state index contributed by atoms with van der Waals surface area (Å²) in [6.45, 7) is -1.27. The van der Waals surface area contributed by atoms with Crippen molar-refractivity contribution in [3.8, 4) is 80.1 Å². The zero-order valence-corrected chi connectivity index (χ0v) is 32.4. The maximum Gasteiger partial charge on any atom is 0.340 e. The molecule has 66 heavy (non-hydrogen) atoms. The molecule has 0 saturated carbocycles. The van der Waals surface area contributed by atoms with Crippen LogP contribution in [0.2, 0.25) is 0 Å². The first-order valence-electron chi connectivity index (χ1n) is 18.6. The van der Waals surface area contributed by atoms with Gasteiger partial charge in [-0.15, -0.1) is 0 Å². The van der Waals surface area contributed by atoms with Crippen LogP contribution >= 0.6 is 0 Å². The highest BCUT2D eigenvalue weighted by molar-refractivity contribution is 6.08. The first kappa shape index (κ1) is 43.6. The van der Waals surface area contributed by atoms with Crippen molar-refractivity contribution in [2.24, 2.45) is 5.92 Å². The molecule has 1 saturated heterocycles. The summed E-state index contributed by atoms with van der Waals surface area (Å²) in [5, 5.41) is 125. The lowest BCUT2D eigenvalue weighted by Gasteiger charge is -2.44. The molecule has 0 radical (unpaired) electrons. The second-order valence-corrected chi connectivity index (χ2v) is 14.7. The van der Waals surface area contributed by atoms with E-state index >= 15 is 0 Å². The number of cyclic esters (lactones) is 1. The topological polar surface area (TPSA) is 427 Å². The van der Waals surface area contributed by atoms with Crippen molar-refractivity contribution in [1.82, 2.24) is 0 Å². The molecule has 4 aromatic rings. The maximum absolute atomic E-state index is 14.6. The Morgan fingerprint density at radius 3 is 1.68 bits per heavy atom. The van der Waals surface area contributed by atoms with Crippen molar-refractivity contribution in [3.63, 3.8) is 0 Å². The molecule has 0 unspecified atom stereocenters. The number of esters is 6. The zero-order valence-electron chi connectivity index (χ0n) is 32.4. The summed E-state index contributed by atoms with van der Waals surface area (Å²) in [7, 11) is 0. The van der Waals surface area contributed by atoms with Gasteiger partial charge in [0, 0.05) is 16.7 Å². The number of carbonyl (C=O) groups is 7. The number of hydrogen-bond donors (Lipinski definition) is 12. The molecule has 26 heteroatoms. The van der Waals surface area contributed by atoms with Crippen molar-refractivity contribution < 1.29 is 128 Å². The number of carbonyl (C=O) groups excluding carboxylic acids is 6. The summed E-state index contributed by atoms with van der Waals surface area (Å²) in [6, 6.07) is 2.48. The normalized spacial score (nSPS) is 23.3. The van der Waals surface area contributed by atoms with E-state index in [9.17, 15) is 94.8 Å². The number of aliphatic carboxylic acids is 1. The number of aromatic hydroxyl groups is 11. The van der Waals surface area contributed by atoms with Gasteiger partial charge in [0.1, 0.15) is 18.6 Å². The molecule has 344 valence electrons. The van der Waals surface area contributed by atoms with Crippen LogP contribution in [0.5, 0.6) is 69.0 Å². The molecular formula is C40H28O26. The molecule has 1 fully saturated rings. The molecule has 4 aliphatic rings. The predicted molar refractivity (Wildman–Crippen MR) is 200 cm³/mol. The van der Waals surface area contributed by atoms with Crippen molar-refractivity contribution >= 4 is 41.8 Å². The van der Waals surface area contributed by atoms with Gasteiger partial charge in [0.15, 0.2) is 64.0 Å². The summed E-state index contributed by atoms with van der Waals surface area (Å²) in [5.74, 6) is -30.9. The Balaban J connectivity index is 1.38. The van der Waals surface area contributed by atoms with Crippen molar-refractivity contribution in [2.45, 2.75) is 43.0 Å². The average molecular weight is 925 g/mol. The van der Waals surface area contributed by atoms with Crippen LogP contribution in [-0.4, -0.2) is 140 Å². The Morgan fingerprint density at radius 2 is 1.09 bits per heavy atom. The van der Waals surface area contributed by atoms with Gasteiger partial charge in [0.25, 0.3) is 0 Å². The third-order valence-corrected chi connectivity index (χ3v) is 10.8. The zero-order chi connectivity index (χ0) is 48.0. The van der Waals surface area contributed by atoms with Gasteiger partial charge >= 0.3 is 41.8 Å². The van der Waals surface area contributed by atoms with E-state index in [0.29, 0.717) is 30.3 Å². The number of phenolic OH excluding ortho intramolecular Hbond substituents is 11. The van der Waals surface area contributed by atoms with Crippen LogP contribution < -0.4 is 4.74 Å². The van der Waals surface area contributed by atoms with E-state index in [1.807, 2.05) is 0 Å². The quantitative estimate of drug-likeness (QED) is 0.0578. The summed E-state index contributed by atoms with van der Waals surface area (Å²) >= 11 is 0. The van der Waals surface area contributed by atoms with E-state index < -0.39 is 205 Å². The Kier molecular flexibility index (Phi) is 10.3. The molecule has 0 aliphatic carbocycles. The molecule has 0 aromatic heterocycles. The van der Waals surface area contributed by atoms with Gasteiger partial charge < -0.3 is 94.4 Å². The molecule has 4 bridgehead atoms. The van der Waals surface area contributed by atoms with Gasteiger partial charge in [0.05, 0.1) is 34.6 Å². The minimum atomic E-state index is -2.53. The van der Waals surface area contributed by atoms with E-state index in [4.69, 9.17) is 33.2 Å². The monoisotopic (exact) mass is 924 g/mol. The van der Waals surface area contributed by atoms with Gasteiger partial charge in [-0.1, -0.05) is 0 Å². The fraction of sp³-hybridized carbons (Fsp3) is 0.225. The summed E-state index contributed by atoms with van der Waals surface area (Å²) in [6.07, 6.45) is -13.4. The van der Waals surface area contributed by atoms with Crippen LogP contribution in [0, 0.1) is 5.92 Å². The Hall–Kier alpha value is -9.07. The number of rotatable bonds is 4. The molecule has 12 N–H and O–H groups in total. The SMILES string of the molecule is O=C(O)C[C@@H]1C(=O)O[C@H]2[C@@H]3OC(=O)c4cc(O)c(O)c(O)c4-c4c(cc(O)c(O)c4O)C(=O)OC[C@H]2O[C@@H](OC(=O)c2cc(O)c(O)c(O)c2)[C@@H]3OC(=O)c2cc(O)c(O)c3c2[C@H]1C(=O)O3. The fourth-order valence-corrected chi connectivity index (χ4v) is 7.76. The number of hydrogen-bond acceptors (Lipinski definition) is 25. The lowest BCUT2D eigenvalue weighted by atomic mass is 9.82.